The van der Waals surface area contributed by atoms with Crippen molar-refractivity contribution in [2.45, 2.75) is 45.1 Å². The van der Waals surface area contributed by atoms with Gasteiger partial charge < -0.3 is 15.5 Å². The summed E-state index contributed by atoms with van der Waals surface area (Å²) in [6, 6.07) is 2.12. The summed E-state index contributed by atoms with van der Waals surface area (Å²) in [6.07, 6.45) is 6.27. The van der Waals surface area contributed by atoms with Gasteiger partial charge in [0.2, 0.25) is 5.95 Å². The lowest BCUT2D eigenvalue weighted by molar-refractivity contribution is 0.114. The van der Waals surface area contributed by atoms with Crippen LogP contribution in [-0.4, -0.2) is 57.9 Å². The van der Waals surface area contributed by atoms with Gasteiger partial charge in [0, 0.05) is 30.9 Å². The number of aliphatic imine (C=N–C) groups is 1. The van der Waals surface area contributed by atoms with Gasteiger partial charge in [0.25, 0.3) is 5.56 Å². The van der Waals surface area contributed by atoms with Crippen molar-refractivity contribution in [3.05, 3.63) is 22.1 Å². The van der Waals surface area contributed by atoms with Crippen molar-refractivity contribution in [1.82, 2.24) is 19.8 Å². The van der Waals surface area contributed by atoms with Gasteiger partial charge in [-0.15, -0.1) is 0 Å². The van der Waals surface area contributed by atoms with Crippen molar-refractivity contribution >= 4 is 11.9 Å². The molecule has 3 N–H and O–H groups in total. The van der Waals surface area contributed by atoms with Crippen LogP contribution in [0.3, 0.4) is 0 Å². The SMILES string of the molecule is Cc1cc(=O)[nH]c(/N=C(\N)N2CCC(N3CCCCC3)CC2)n1. The minimum absolute atomic E-state index is 0.201. The first-order valence-electron chi connectivity index (χ1n) is 8.53. The van der Waals surface area contributed by atoms with Crippen LogP contribution in [0.1, 0.15) is 37.8 Å². The first kappa shape index (κ1) is 16.0. The van der Waals surface area contributed by atoms with Crippen LogP contribution in [0.2, 0.25) is 0 Å². The number of nitrogens with one attached hydrogen (secondary N) is 1. The molecule has 7 heteroatoms. The van der Waals surface area contributed by atoms with Crippen molar-refractivity contribution in [1.29, 1.82) is 0 Å². The lowest BCUT2D eigenvalue weighted by Crippen LogP contribution is -2.49. The number of nitrogens with two attached hydrogens (primary N) is 1. The molecule has 0 unspecified atom stereocenters. The lowest BCUT2D eigenvalue weighted by atomic mass is 10.0. The Labute approximate surface area is 136 Å². The van der Waals surface area contributed by atoms with Crippen LogP contribution in [0.15, 0.2) is 15.9 Å². The average molecular weight is 318 g/mol. The Balaban J connectivity index is 1.60. The van der Waals surface area contributed by atoms with Gasteiger partial charge in [-0.1, -0.05) is 6.42 Å². The quantitative estimate of drug-likeness (QED) is 0.626. The zero-order valence-electron chi connectivity index (χ0n) is 13.8. The molecule has 3 rings (SSSR count). The Bertz CT molecular complexity index is 611. The fourth-order valence-electron chi connectivity index (χ4n) is 3.54. The van der Waals surface area contributed by atoms with Gasteiger partial charge in [-0.3, -0.25) is 9.78 Å². The maximum Gasteiger partial charge on any atom is 0.252 e. The maximum atomic E-state index is 11.5. The largest absolute Gasteiger partial charge is 0.369 e. The molecule has 7 nitrogen and oxygen atoms in total. The van der Waals surface area contributed by atoms with Crippen LogP contribution in [0.5, 0.6) is 0 Å². The summed E-state index contributed by atoms with van der Waals surface area (Å²) in [4.78, 5) is 27.3. The van der Waals surface area contributed by atoms with Gasteiger partial charge in [-0.05, 0) is 45.7 Å². The van der Waals surface area contributed by atoms with Gasteiger partial charge in [0.05, 0.1) is 0 Å². The molecular formula is C16H26N6O. The zero-order valence-corrected chi connectivity index (χ0v) is 13.8. The third-order valence-electron chi connectivity index (χ3n) is 4.77. The van der Waals surface area contributed by atoms with Crippen LogP contribution >= 0.6 is 0 Å². The van der Waals surface area contributed by atoms with Crippen LogP contribution in [0, 0.1) is 6.92 Å². The molecular weight excluding hydrogens is 292 g/mol. The van der Waals surface area contributed by atoms with Gasteiger partial charge >= 0.3 is 0 Å². The number of aromatic nitrogens is 2. The van der Waals surface area contributed by atoms with Crippen LogP contribution in [-0.2, 0) is 0 Å². The third kappa shape index (κ3) is 4.10. The van der Waals surface area contributed by atoms with Gasteiger partial charge in [-0.2, -0.15) is 4.99 Å². The number of aryl methyl sites for hydroxylation is 1. The molecule has 0 saturated carbocycles. The van der Waals surface area contributed by atoms with Crippen molar-refractivity contribution in [3.63, 3.8) is 0 Å². The Kier molecular flexibility index (Phi) is 4.95. The van der Waals surface area contributed by atoms with E-state index in [0.29, 0.717) is 17.7 Å². The highest BCUT2D eigenvalue weighted by Crippen LogP contribution is 2.20. The molecule has 0 aromatic carbocycles. The monoisotopic (exact) mass is 318 g/mol. The van der Waals surface area contributed by atoms with E-state index in [1.54, 1.807) is 6.92 Å². The predicted molar refractivity (Wildman–Crippen MR) is 90.9 cm³/mol. The molecule has 2 fully saturated rings. The molecule has 0 spiro atoms. The summed E-state index contributed by atoms with van der Waals surface area (Å²) in [5.74, 6) is 0.724. The van der Waals surface area contributed by atoms with Gasteiger partial charge in [0.15, 0.2) is 5.96 Å². The molecule has 3 heterocycles. The molecule has 1 aromatic rings. The minimum atomic E-state index is -0.201. The van der Waals surface area contributed by atoms with E-state index in [2.05, 4.69) is 24.8 Å². The van der Waals surface area contributed by atoms with Crippen LogP contribution in [0.25, 0.3) is 0 Å². The summed E-state index contributed by atoms with van der Waals surface area (Å²) >= 11 is 0. The molecule has 0 radical (unpaired) electrons. The van der Waals surface area contributed by atoms with E-state index in [0.717, 1.165) is 25.9 Å². The van der Waals surface area contributed by atoms with E-state index < -0.39 is 0 Å². The number of hydrogen-bond acceptors (Lipinski definition) is 4. The zero-order chi connectivity index (χ0) is 16.2. The fraction of sp³-hybridized carbons (Fsp3) is 0.688. The van der Waals surface area contributed by atoms with Gasteiger partial charge in [0.1, 0.15) is 0 Å². The molecule has 2 saturated heterocycles. The minimum Gasteiger partial charge on any atom is -0.369 e. The molecule has 0 atom stereocenters. The van der Waals surface area contributed by atoms with Crippen molar-refractivity contribution < 1.29 is 0 Å². The topological polar surface area (TPSA) is 90.6 Å². The number of aromatic amines is 1. The summed E-state index contributed by atoms with van der Waals surface area (Å²) < 4.78 is 0. The van der Waals surface area contributed by atoms with Crippen LogP contribution in [0.4, 0.5) is 5.95 Å². The third-order valence-corrected chi connectivity index (χ3v) is 4.77. The van der Waals surface area contributed by atoms with Gasteiger partial charge in [-0.25, -0.2) is 4.98 Å². The van der Waals surface area contributed by atoms with E-state index in [4.69, 9.17) is 5.73 Å². The van der Waals surface area contributed by atoms with Crippen LogP contribution < -0.4 is 11.3 Å². The summed E-state index contributed by atoms with van der Waals surface area (Å²) in [7, 11) is 0. The van der Waals surface area contributed by atoms with Crippen molar-refractivity contribution in [2.75, 3.05) is 26.2 Å². The van der Waals surface area contributed by atoms with E-state index in [9.17, 15) is 4.79 Å². The molecule has 0 aliphatic carbocycles. The smallest absolute Gasteiger partial charge is 0.252 e. The summed E-state index contributed by atoms with van der Waals surface area (Å²) in [5.41, 5.74) is 6.55. The second-order valence-electron chi connectivity index (χ2n) is 6.50. The Hall–Kier alpha value is -1.89. The Morgan fingerprint density at radius 2 is 1.96 bits per heavy atom. The maximum absolute atomic E-state index is 11.5. The predicted octanol–water partition coefficient (Wildman–Crippen LogP) is 0.975. The summed E-state index contributed by atoms with van der Waals surface area (Å²) in [6.45, 7) is 6.07. The second kappa shape index (κ2) is 7.12. The molecule has 2 aliphatic rings. The van der Waals surface area contributed by atoms with E-state index in [1.807, 2.05) is 0 Å². The fourth-order valence-corrected chi connectivity index (χ4v) is 3.54. The molecule has 0 bridgehead atoms. The molecule has 2 aliphatic heterocycles. The normalized spacial score (nSPS) is 21.6. The van der Waals surface area contributed by atoms with Crippen molar-refractivity contribution in [3.8, 4) is 0 Å². The number of nitrogens with zero attached hydrogens (tertiary/aromatic N) is 4. The standard InChI is InChI=1S/C16H26N6O/c1-12-11-14(23)19-16(18-12)20-15(17)22-9-5-13(6-10-22)21-7-3-2-4-8-21/h11,13H,2-10H2,1H3,(H3,17,18,19,20,23). The highest BCUT2D eigenvalue weighted by molar-refractivity contribution is 5.80. The number of rotatable bonds is 2. The summed E-state index contributed by atoms with van der Waals surface area (Å²) in [5, 5.41) is 0. The van der Waals surface area contributed by atoms with E-state index in [1.165, 1.54) is 38.4 Å². The highest BCUT2D eigenvalue weighted by Gasteiger charge is 2.26. The lowest BCUT2D eigenvalue weighted by Gasteiger charge is -2.40. The molecule has 126 valence electrons. The molecule has 1 aromatic heterocycles. The molecule has 23 heavy (non-hydrogen) atoms. The van der Waals surface area contributed by atoms with E-state index in [-0.39, 0.29) is 11.5 Å². The number of guanidine groups is 1. The first-order chi connectivity index (χ1) is 11.1. The second-order valence-corrected chi connectivity index (χ2v) is 6.50. The number of H-pyrrole nitrogens is 1. The van der Waals surface area contributed by atoms with E-state index >= 15 is 0 Å². The molecule has 0 amide bonds. The number of hydrogen-bond donors (Lipinski definition) is 2. The Morgan fingerprint density at radius 1 is 1.26 bits per heavy atom. The highest BCUT2D eigenvalue weighted by atomic mass is 16.1. The van der Waals surface area contributed by atoms with Crippen molar-refractivity contribution in [2.24, 2.45) is 10.7 Å². The first-order valence-corrected chi connectivity index (χ1v) is 8.53. The number of likely N-dealkylation sites (tertiary alicyclic amines) is 2. The average Bonchev–Trinajstić information content (AvgIpc) is 2.55. The number of piperidine rings is 2. The Morgan fingerprint density at radius 3 is 2.61 bits per heavy atom.